The molecule has 0 saturated heterocycles. The van der Waals surface area contributed by atoms with Gasteiger partial charge in [0.25, 0.3) is 0 Å². The number of amides is 1. The van der Waals surface area contributed by atoms with Crippen molar-refractivity contribution < 1.29 is 24.2 Å². The van der Waals surface area contributed by atoms with Gasteiger partial charge in [0.2, 0.25) is 11.6 Å². The van der Waals surface area contributed by atoms with Crippen LogP contribution >= 0.6 is 23.2 Å². The number of primary amides is 1. The molecule has 2 aliphatic heterocycles. The molecule has 3 heterocycles. The van der Waals surface area contributed by atoms with Crippen molar-refractivity contribution in [3.8, 4) is 28.4 Å². The second kappa shape index (κ2) is 8.68. The summed E-state index contributed by atoms with van der Waals surface area (Å²) in [5.74, 6) is -1.11. The van der Waals surface area contributed by atoms with Crippen LogP contribution in [-0.2, 0) is 11.4 Å². The van der Waals surface area contributed by atoms with Crippen molar-refractivity contribution in [3.63, 3.8) is 0 Å². The van der Waals surface area contributed by atoms with Gasteiger partial charge in [-0.3, -0.25) is 4.79 Å². The number of nitrogens with two attached hydrogens (primary N) is 1. The lowest BCUT2D eigenvalue weighted by molar-refractivity contribution is -0.114. The van der Waals surface area contributed by atoms with E-state index in [1.165, 1.54) is 4.68 Å². The van der Waals surface area contributed by atoms with Crippen molar-refractivity contribution in [2.75, 3.05) is 13.7 Å². The van der Waals surface area contributed by atoms with Gasteiger partial charge < -0.3 is 25.6 Å². The number of hydrogen-bond acceptors (Lipinski definition) is 6. The number of hydrogen-bond donors (Lipinski definition) is 3. The van der Waals surface area contributed by atoms with Crippen LogP contribution < -0.4 is 20.5 Å². The van der Waals surface area contributed by atoms with E-state index in [4.69, 9.17) is 38.4 Å². The lowest BCUT2D eigenvalue weighted by Gasteiger charge is -2.23. The molecule has 178 valence electrons. The van der Waals surface area contributed by atoms with Crippen LogP contribution in [0.25, 0.3) is 22.5 Å². The zero-order valence-corrected chi connectivity index (χ0v) is 19.8. The molecule has 1 aromatic heterocycles. The second-order valence-electron chi connectivity index (χ2n) is 7.88. The van der Waals surface area contributed by atoms with Gasteiger partial charge in [0.05, 0.1) is 18.4 Å². The summed E-state index contributed by atoms with van der Waals surface area (Å²) in [7, 11) is 1.54. The Balaban J connectivity index is 1.77. The number of carbonyl (C=O) groups excluding carboxylic acids is 1. The molecule has 0 aliphatic carbocycles. The maximum atomic E-state index is 12.0. The first-order chi connectivity index (χ1) is 16.8. The quantitative estimate of drug-likeness (QED) is 0.474. The maximum absolute atomic E-state index is 12.0. The number of aromatic carboxylic acids is 1. The highest BCUT2D eigenvalue weighted by Gasteiger charge is 2.32. The number of carboxylic acids is 1. The van der Waals surface area contributed by atoms with Gasteiger partial charge in [0.15, 0.2) is 5.75 Å². The zero-order valence-electron chi connectivity index (χ0n) is 18.3. The number of fused-ring (bicyclic) bond motifs is 3. The van der Waals surface area contributed by atoms with Gasteiger partial charge in [-0.2, -0.15) is 5.10 Å². The Labute approximate surface area is 209 Å². The average Bonchev–Trinajstić information content (AvgIpc) is 3.23. The first-order valence-corrected chi connectivity index (χ1v) is 11.1. The van der Waals surface area contributed by atoms with Gasteiger partial charge in [0, 0.05) is 39.5 Å². The second-order valence-corrected chi connectivity index (χ2v) is 8.76. The van der Waals surface area contributed by atoms with E-state index >= 15 is 0 Å². The number of nitrogens with one attached hydrogen (secondary N) is 1. The van der Waals surface area contributed by atoms with Gasteiger partial charge in [-0.15, -0.1) is 0 Å². The molecular weight excluding hydrogens is 495 g/mol. The predicted molar refractivity (Wildman–Crippen MR) is 130 cm³/mol. The minimum absolute atomic E-state index is 0.116. The third kappa shape index (κ3) is 3.98. The number of ether oxygens (including phenoxy) is 2. The average molecular weight is 513 g/mol. The van der Waals surface area contributed by atoms with E-state index in [9.17, 15) is 14.7 Å². The Morgan fingerprint density at radius 3 is 2.57 bits per heavy atom. The topological polar surface area (TPSA) is 129 Å². The highest BCUT2D eigenvalue weighted by molar-refractivity contribution is 6.34. The van der Waals surface area contributed by atoms with Crippen LogP contribution in [0.2, 0.25) is 10.0 Å². The van der Waals surface area contributed by atoms with Crippen LogP contribution in [0.3, 0.4) is 0 Å². The molecule has 3 aromatic rings. The zero-order chi connectivity index (χ0) is 24.9. The first-order valence-electron chi connectivity index (χ1n) is 10.4. The van der Waals surface area contributed by atoms with E-state index in [1.54, 1.807) is 37.6 Å². The summed E-state index contributed by atoms with van der Waals surface area (Å²) in [5, 5.41) is 17.9. The summed E-state index contributed by atoms with van der Waals surface area (Å²) in [5.41, 5.74) is 9.37. The Morgan fingerprint density at radius 1 is 1.17 bits per heavy atom. The van der Waals surface area contributed by atoms with Crippen molar-refractivity contribution in [2.24, 2.45) is 5.73 Å². The van der Waals surface area contributed by atoms with E-state index < -0.39 is 11.9 Å². The molecule has 2 aromatic carbocycles. The smallest absolute Gasteiger partial charge is 0.360 e. The van der Waals surface area contributed by atoms with Crippen LogP contribution in [0.15, 0.2) is 48.2 Å². The number of nitrogens with zero attached hydrogens (tertiary/aromatic N) is 2. The first kappa shape index (κ1) is 22.8. The normalized spacial score (nSPS) is 14.0. The van der Waals surface area contributed by atoms with Crippen LogP contribution in [0, 0.1) is 0 Å². The Kier molecular flexibility index (Phi) is 5.66. The molecule has 0 spiro atoms. The Hall–Kier alpha value is -3.95. The molecule has 0 fully saturated rings. The Bertz CT molecular complexity index is 1450. The summed E-state index contributed by atoms with van der Waals surface area (Å²) < 4.78 is 12.9. The van der Waals surface area contributed by atoms with E-state index in [1.807, 2.05) is 12.1 Å². The largest absolute Gasteiger partial charge is 0.496 e. The summed E-state index contributed by atoms with van der Waals surface area (Å²) >= 11 is 12.4. The molecule has 0 atom stereocenters. The molecule has 2 aliphatic rings. The molecule has 5 rings (SSSR count). The third-order valence-corrected chi connectivity index (χ3v) is 6.14. The van der Waals surface area contributed by atoms with Crippen LogP contribution in [0.1, 0.15) is 21.6 Å². The monoisotopic (exact) mass is 512 g/mol. The molecule has 4 N–H and O–H groups in total. The number of methoxy groups -OCH3 is 1. The Morgan fingerprint density at radius 2 is 1.91 bits per heavy atom. The van der Waals surface area contributed by atoms with E-state index in [-0.39, 0.29) is 18.1 Å². The SMILES string of the molecule is COc1cc2c(cc1C1=CC(C(N)=O)=CNC1)-c1c(c(C(=O)O)nn1-c1cc(Cl)cc(Cl)c1)OC2. The van der Waals surface area contributed by atoms with Crippen LogP contribution in [0.4, 0.5) is 0 Å². The molecule has 35 heavy (non-hydrogen) atoms. The minimum atomic E-state index is -1.24. The van der Waals surface area contributed by atoms with Gasteiger partial charge in [-0.25, -0.2) is 9.48 Å². The number of rotatable bonds is 5. The lowest BCUT2D eigenvalue weighted by atomic mass is 9.92. The fraction of sp³-hybridized carbons (Fsp3) is 0.125. The predicted octanol–water partition coefficient (Wildman–Crippen LogP) is 3.80. The standard InChI is InChI=1S/C24H18Cl2N4O5/c1-34-19-3-13-10-35-22-20(24(32)33)29-30(16-5-14(25)4-15(26)6-16)21(22)18(13)7-17(19)11-2-12(23(27)31)9-28-8-11/h2-7,9,28H,8,10H2,1H3,(H2,27,31)(H,32,33). The molecule has 0 bridgehead atoms. The number of carbonyl (C=O) groups is 2. The van der Waals surface area contributed by atoms with Crippen LogP contribution in [0.5, 0.6) is 11.5 Å². The minimum Gasteiger partial charge on any atom is -0.496 e. The summed E-state index contributed by atoms with van der Waals surface area (Å²) in [4.78, 5) is 23.7. The van der Waals surface area contributed by atoms with E-state index in [0.717, 1.165) is 11.1 Å². The van der Waals surface area contributed by atoms with Crippen molar-refractivity contribution in [1.82, 2.24) is 15.1 Å². The number of halogens is 2. The number of dihydropyridines is 1. The van der Waals surface area contributed by atoms with E-state index in [0.29, 0.717) is 50.4 Å². The van der Waals surface area contributed by atoms with Gasteiger partial charge in [-0.05, 0) is 42.0 Å². The van der Waals surface area contributed by atoms with Crippen molar-refractivity contribution in [2.45, 2.75) is 6.61 Å². The molecular formula is C24H18Cl2N4O5. The van der Waals surface area contributed by atoms with Gasteiger partial charge in [0.1, 0.15) is 18.1 Å². The molecule has 0 saturated carbocycles. The fourth-order valence-corrected chi connectivity index (χ4v) is 4.68. The highest BCUT2D eigenvalue weighted by atomic mass is 35.5. The van der Waals surface area contributed by atoms with Crippen molar-refractivity contribution in [3.05, 3.63) is 75.0 Å². The number of benzene rings is 2. The molecule has 0 unspecified atom stereocenters. The van der Waals surface area contributed by atoms with E-state index in [2.05, 4.69) is 10.4 Å². The number of aromatic nitrogens is 2. The third-order valence-electron chi connectivity index (χ3n) is 5.70. The molecule has 9 nitrogen and oxygen atoms in total. The molecule has 0 radical (unpaired) electrons. The van der Waals surface area contributed by atoms with Gasteiger partial charge >= 0.3 is 5.97 Å². The fourth-order valence-electron chi connectivity index (χ4n) is 4.16. The summed E-state index contributed by atoms with van der Waals surface area (Å²) in [6.07, 6.45) is 3.25. The summed E-state index contributed by atoms with van der Waals surface area (Å²) in [6, 6.07) is 8.51. The van der Waals surface area contributed by atoms with Crippen molar-refractivity contribution in [1.29, 1.82) is 0 Å². The molecule has 1 amide bonds. The summed E-state index contributed by atoms with van der Waals surface area (Å²) in [6.45, 7) is 0.545. The lowest BCUT2D eigenvalue weighted by Crippen LogP contribution is -2.22. The van der Waals surface area contributed by atoms with Crippen LogP contribution in [-0.4, -0.2) is 40.4 Å². The number of carboxylic acid groups (broad SMARTS) is 1. The van der Waals surface area contributed by atoms with Crippen molar-refractivity contribution >= 4 is 40.7 Å². The maximum Gasteiger partial charge on any atom is 0.360 e. The molecule has 11 heteroatoms. The van der Waals surface area contributed by atoms with Gasteiger partial charge in [-0.1, -0.05) is 23.2 Å². The highest BCUT2D eigenvalue weighted by Crippen LogP contribution is 2.45.